The first-order chi connectivity index (χ1) is 6.44. The number of hydrogen-bond acceptors (Lipinski definition) is 4. The minimum atomic E-state index is -0.557. The second-order valence-corrected chi connectivity index (χ2v) is 4.40. The summed E-state index contributed by atoms with van der Waals surface area (Å²) in [6, 6.07) is -0.557. The van der Waals surface area contributed by atoms with Crippen LogP contribution in [0.1, 0.15) is 33.1 Å². The van der Waals surface area contributed by atoms with Crippen molar-refractivity contribution in [2.75, 3.05) is 7.11 Å². The number of carbonyl (C=O) groups is 1. The van der Waals surface area contributed by atoms with E-state index < -0.39 is 6.04 Å². The van der Waals surface area contributed by atoms with Crippen LogP contribution in [-0.4, -0.2) is 30.8 Å². The normalized spacial score (nSPS) is 27.3. The van der Waals surface area contributed by atoms with E-state index >= 15 is 0 Å². The predicted octanol–water partition coefficient (Wildman–Crippen LogP) is 0.834. The van der Waals surface area contributed by atoms with E-state index in [0.29, 0.717) is 6.42 Å². The molecule has 2 unspecified atom stereocenters. The molecule has 1 rings (SSSR count). The van der Waals surface area contributed by atoms with Gasteiger partial charge in [0.25, 0.3) is 0 Å². The molecular formula is C10H19NO3. The molecule has 0 aromatic heterocycles. The molecule has 0 amide bonds. The Morgan fingerprint density at radius 3 is 2.79 bits per heavy atom. The first-order valence-electron chi connectivity index (χ1n) is 4.96. The number of carbonyl (C=O) groups excluding carboxylic acids is 1. The number of hydrogen-bond donors (Lipinski definition) is 1. The highest BCUT2D eigenvalue weighted by Gasteiger charge is 2.33. The van der Waals surface area contributed by atoms with Crippen LogP contribution >= 0.6 is 0 Å². The molecule has 0 aliphatic carbocycles. The van der Waals surface area contributed by atoms with Crippen molar-refractivity contribution in [2.24, 2.45) is 5.73 Å². The zero-order valence-corrected chi connectivity index (χ0v) is 9.08. The van der Waals surface area contributed by atoms with Crippen LogP contribution in [0.5, 0.6) is 0 Å². The second kappa shape index (κ2) is 4.28. The van der Waals surface area contributed by atoms with E-state index in [0.717, 1.165) is 12.8 Å². The first kappa shape index (κ1) is 11.5. The van der Waals surface area contributed by atoms with E-state index in [1.165, 1.54) is 7.11 Å². The Labute approximate surface area is 84.7 Å². The minimum Gasteiger partial charge on any atom is -0.468 e. The Hall–Kier alpha value is -0.610. The Bertz CT molecular complexity index is 215. The summed E-state index contributed by atoms with van der Waals surface area (Å²) in [7, 11) is 1.35. The van der Waals surface area contributed by atoms with E-state index in [1.807, 2.05) is 0 Å². The van der Waals surface area contributed by atoms with Gasteiger partial charge in [-0.05, 0) is 33.1 Å². The van der Waals surface area contributed by atoms with E-state index in [9.17, 15) is 4.79 Å². The molecule has 1 heterocycles. The molecule has 82 valence electrons. The van der Waals surface area contributed by atoms with Gasteiger partial charge in [0.05, 0.1) is 18.8 Å². The van der Waals surface area contributed by atoms with Gasteiger partial charge in [-0.25, -0.2) is 0 Å². The molecule has 1 fully saturated rings. The standard InChI is InChI=1S/C10H19NO3/c1-10(2)5-4-7(14-10)6-8(11)9(12)13-3/h7-8H,4-6,11H2,1-3H3. The van der Waals surface area contributed by atoms with Crippen LogP contribution in [0.3, 0.4) is 0 Å². The SMILES string of the molecule is COC(=O)C(N)CC1CCC(C)(C)O1. The molecule has 1 saturated heterocycles. The van der Waals surface area contributed by atoms with Gasteiger partial charge in [0.15, 0.2) is 0 Å². The van der Waals surface area contributed by atoms with Crippen molar-refractivity contribution in [2.45, 2.75) is 50.9 Å². The molecule has 1 aliphatic rings. The summed E-state index contributed by atoms with van der Waals surface area (Å²) in [5, 5.41) is 0. The highest BCUT2D eigenvalue weighted by Crippen LogP contribution is 2.31. The van der Waals surface area contributed by atoms with Crippen molar-refractivity contribution < 1.29 is 14.3 Å². The largest absolute Gasteiger partial charge is 0.468 e. The van der Waals surface area contributed by atoms with Gasteiger partial charge in [0.2, 0.25) is 0 Å². The number of rotatable bonds is 3. The van der Waals surface area contributed by atoms with Gasteiger partial charge in [-0.1, -0.05) is 0 Å². The lowest BCUT2D eigenvalue weighted by molar-refractivity contribution is -0.143. The summed E-state index contributed by atoms with van der Waals surface area (Å²) < 4.78 is 10.3. The summed E-state index contributed by atoms with van der Waals surface area (Å²) >= 11 is 0. The molecule has 0 aromatic rings. The monoisotopic (exact) mass is 201 g/mol. The summed E-state index contributed by atoms with van der Waals surface area (Å²) in [5.74, 6) is -0.363. The second-order valence-electron chi connectivity index (χ2n) is 4.40. The van der Waals surface area contributed by atoms with Crippen molar-refractivity contribution in [3.63, 3.8) is 0 Å². The van der Waals surface area contributed by atoms with Crippen molar-refractivity contribution in [1.82, 2.24) is 0 Å². The van der Waals surface area contributed by atoms with Gasteiger partial charge in [-0.2, -0.15) is 0 Å². The molecule has 0 radical (unpaired) electrons. The molecule has 1 aliphatic heterocycles. The zero-order chi connectivity index (χ0) is 10.8. The Balaban J connectivity index is 2.36. The van der Waals surface area contributed by atoms with Crippen LogP contribution in [-0.2, 0) is 14.3 Å². The molecule has 0 spiro atoms. The van der Waals surface area contributed by atoms with Gasteiger partial charge in [0, 0.05) is 0 Å². The number of methoxy groups -OCH3 is 1. The molecule has 4 nitrogen and oxygen atoms in total. The van der Waals surface area contributed by atoms with Crippen LogP contribution in [0.2, 0.25) is 0 Å². The summed E-state index contributed by atoms with van der Waals surface area (Å²) in [6.45, 7) is 4.10. The summed E-state index contributed by atoms with van der Waals surface area (Å²) in [6.07, 6.45) is 2.64. The highest BCUT2D eigenvalue weighted by atomic mass is 16.5. The smallest absolute Gasteiger partial charge is 0.322 e. The van der Waals surface area contributed by atoms with Gasteiger partial charge < -0.3 is 15.2 Å². The predicted molar refractivity (Wildman–Crippen MR) is 52.8 cm³/mol. The molecule has 0 bridgehead atoms. The van der Waals surface area contributed by atoms with Crippen LogP contribution < -0.4 is 5.73 Å². The number of nitrogens with two attached hydrogens (primary N) is 1. The fourth-order valence-corrected chi connectivity index (χ4v) is 1.77. The molecule has 14 heavy (non-hydrogen) atoms. The molecule has 2 N–H and O–H groups in total. The van der Waals surface area contributed by atoms with Crippen molar-refractivity contribution in [1.29, 1.82) is 0 Å². The first-order valence-corrected chi connectivity index (χ1v) is 4.96. The quantitative estimate of drug-likeness (QED) is 0.687. The van der Waals surface area contributed by atoms with Crippen LogP contribution in [0.25, 0.3) is 0 Å². The fraction of sp³-hybridized carbons (Fsp3) is 0.900. The lowest BCUT2D eigenvalue weighted by Crippen LogP contribution is -2.35. The summed E-state index contributed by atoms with van der Waals surface area (Å²) in [5.41, 5.74) is 5.57. The van der Waals surface area contributed by atoms with Gasteiger partial charge in [0.1, 0.15) is 6.04 Å². The van der Waals surface area contributed by atoms with Gasteiger partial charge in [-0.3, -0.25) is 4.79 Å². The van der Waals surface area contributed by atoms with E-state index in [2.05, 4.69) is 18.6 Å². The molecule has 0 saturated carbocycles. The Morgan fingerprint density at radius 1 is 1.71 bits per heavy atom. The van der Waals surface area contributed by atoms with E-state index in [4.69, 9.17) is 10.5 Å². The molecule has 0 aromatic carbocycles. The maximum absolute atomic E-state index is 11.1. The van der Waals surface area contributed by atoms with Crippen LogP contribution in [0.4, 0.5) is 0 Å². The van der Waals surface area contributed by atoms with Gasteiger partial charge in [-0.15, -0.1) is 0 Å². The topological polar surface area (TPSA) is 61.5 Å². The fourth-order valence-electron chi connectivity index (χ4n) is 1.77. The average molecular weight is 201 g/mol. The van der Waals surface area contributed by atoms with Crippen LogP contribution in [0, 0.1) is 0 Å². The highest BCUT2D eigenvalue weighted by molar-refractivity contribution is 5.75. The number of esters is 1. The zero-order valence-electron chi connectivity index (χ0n) is 9.08. The third-order valence-corrected chi connectivity index (χ3v) is 2.57. The molecular weight excluding hydrogens is 182 g/mol. The van der Waals surface area contributed by atoms with Crippen molar-refractivity contribution >= 4 is 5.97 Å². The number of ether oxygens (including phenoxy) is 2. The van der Waals surface area contributed by atoms with E-state index in [-0.39, 0.29) is 17.7 Å². The summed E-state index contributed by atoms with van der Waals surface area (Å²) in [4.78, 5) is 11.1. The lowest BCUT2D eigenvalue weighted by Gasteiger charge is -2.20. The van der Waals surface area contributed by atoms with Gasteiger partial charge >= 0.3 is 5.97 Å². The third-order valence-electron chi connectivity index (χ3n) is 2.57. The maximum atomic E-state index is 11.1. The van der Waals surface area contributed by atoms with Crippen LogP contribution in [0.15, 0.2) is 0 Å². The Morgan fingerprint density at radius 2 is 2.36 bits per heavy atom. The molecule has 2 atom stereocenters. The van der Waals surface area contributed by atoms with Crippen molar-refractivity contribution in [3.05, 3.63) is 0 Å². The maximum Gasteiger partial charge on any atom is 0.322 e. The van der Waals surface area contributed by atoms with Crippen molar-refractivity contribution in [3.8, 4) is 0 Å². The minimum absolute atomic E-state index is 0.0689. The Kier molecular flexibility index (Phi) is 3.50. The third kappa shape index (κ3) is 2.96. The average Bonchev–Trinajstić information content (AvgIpc) is 2.44. The van der Waals surface area contributed by atoms with E-state index in [1.54, 1.807) is 0 Å². The molecule has 4 heteroatoms. The lowest BCUT2D eigenvalue weighted by atomic mass is 10.0.